The van der Waals surface area contributed by atoms with E-state index < -0.39 is 0 Å². The van der Waals surface area contributed by atoms with Gasteiger partial charge in [0.25, 0.3) is 0 Å². The third kappa shape index (κ3) is 3.48. The minimum Gasteiger partial charge on any atom is -0.489 e. The first kappa shape index (κ1) is 12.0. The van der Waals surface area contributed by atoms with Crippen LogP contribution in [0.3, 0.4) is 0 Å². The topological polar surface area (TPSA) is 35.2 Å². The van der Waals surface area contributed by atoms with Crippen molar-refractivity contribution in [2.75, 3.05) is 0 Å². The van der Waals surface area contributed by atoms with E-state index in [9.17, 15) is 0 Å². The first-order chi connectivity index (χ1) is 8.28. The van der Waals surface area contributed by atoms with E-state index in [2.05, 4.69) is 0 Å². The molecule has 17 heavy (non-hydrogen) atoms. The zero-order chi connectivity index (χ0) is 12.1. The second-order valence-corrected chi connectivity index (χ2v) is 4.20. The zero-order valence-corrected chi connectivity index (χ0v) is 10.2. The molecule has 0 aromatic heterocycles. The summed E-state index contributed by atoms with van der Waals surface area (Å²) in [4.78, 5) is 0. The number of benzene rings is 2. The first-order valence-electron chi connectivity index (χ1n) is 5.44. The van der Waals surface area contributed by atoms with Gasteiger partial charge in [-0.05, 0) is 35.4 Å². The summed E-state index contributed by atoms with van der Waals surface area (Å²) in [5.41, 5.74) is 7.78. The average molecular weight is 248 g/mol. The Morgan fingerprint density at radius 3 is 2.06 bits per heavy atom. The molecule has 2 aromatic rings. The normalized spacial score (nSPS) is 10.2. The van der Waals surface area contributed by atoms with Gasteiger partial charge < -0.3 is 10.5 Å². The summed E-state index contributed by atoms with van der Waals surface area (Å²) in [6.07, 6.45) is 0. The van der Waals surface area contributed by atoms with Crippen LogP contribution < -0.4 is 10.5 Å². The van der Waals surface area contributed by atoms with Crippen LogP contribution in [0, 0.1) is 0 Å². The Kier molecular flexibility index (Phi) is 4.02. The Bertz CT molecular complexity index is 465. The van der Waals surface area contributed by atoms with Crippen LogP contribution in [0.15, 0.2) is 48.5 Å². The van der Waals surface area contributed by atoms with Crippen LogP contribution >= 0.6 is 11.6 Å². The van der Waals surface area contributed by atoms with Crippen LogP contribution in [0.25, 0.3) is 0 Å². The Balaban J connectivity index is 1.95. The summed E-state index contributed by atoms with van der Waals surface area (Å²) >= 11 is 5.79. The molecule has 0 aliphatic rings. The van der Waals surface area contributed by atoms with E-state index in [-0.39, 0.29) is 0 Å². The van der Waals surface area contributed by atoms with E-state index in [1.165, 1.54) is 0 Å². The van der Waals surface area contributed by atoms with Crippen molar-refractivity contribution in [3.05, 3.63) is 64.7 Å². The Hall–Kier alpha value is -1.51. The number of rotatable bonds is 4. The second kappa shape index (κ2) is 5.71. The fraction of sp³-hybridized carbons (Fsp3) is 0.143. The highest BCUT2D eigenvalue weighted by Gasteiger charge is 1.96. The minimum atomic E-state index is 0.548. The molecule has 0 saturated heterocycles. The molecule has 0 spiro atoms. The molecule has 0 atom stereocenters. The van der Waals surface area contributed by atoms with Gasteiger partial charge in [0.15, 0.2) is 0 Å². The monoisotopic (exact) mass is 247 g/mol. The first-order valence-corrected chi connectivity index (χ1v) is 5.82. The van der Waals surface area contributed by atoms with Gasteiger partial charge >= 0.3 is 0 Å². The second-order valence-electron chi connectivity index (χ2n) is 3.76. The van der Waals surface area contributed by atoms with E-state index in [0.29, 0.717) is 18.2 Å². The maximum Gasteiger partial charge on any atom is 0.119 e. The van der Waals surface area contributed by atoms with Crippen molar-refractivity contribution in [3.63, 3.8) is 0 Å². The van der Waals surface area contributed by atoms with E-state index in [1.807, 2.05) is 48.5 Å². The van der Waals surface area contributed by atoms with E-state index in [4.69, 9.17) is 22.1 Å². The molecule has 0 fully saturated rings. The summed E-state index contributed by atoms with van der Waals surface area (Å²) < 4.78 is 5.63. The predicted octanol–water partition coefficient (Wildman–Crippen LogP) is 3.38. The van der Waals surface area contributed by atoms with Crippen LogP contribution in [-0.4, -0.2) is 0 Å². The Morgan fingerprint density at radius 2 is 1.47 bits per heavy atom. The van der Waals surface area contributed by atoms with Gasteiger partial charge in [-0.15, -0.1) is 0 Å². The highest BCUT2D eigenvalue weighted by molar-refractivity contribution is 6.30. The van der Waals surface area contributed by atoms with Gasteiger partial charge in [-0.1, -0.05) is 35.9 Å². The molecule has 0 aliphatic heterocycles. The highest BCUT2D eigenvalue weighted by Crippen LogP contribution is 2.17. The fourth-order valence-electron chi connectivity index (χ4n) is 1.47. The molecule has 0 aliphatic carbocycles. The van der Waals surface area contributed by atoms with Gasteiger partial charge in [0.2, 0.25) is 0 Å². The van der Waals surface area contributed by atoms with E-state index >= 15 is 0 Å². The van der Waals surface area contributed by atoms with Gasteiger partial charge in [0.05, 0.1) is 0 Å². The summed E-state index contributed by atoms with van der Waals surface area (Å²) in [7, 11) is 0. The lowest BCUT2D eigenvalue weighted by Crippen LogP contribution is -1.98. The van der Waals surface area contributed by atoms with Crippen molar-refractivity contribution in [1.82, 2.24) is 0 Å². The molecular formula is C14H14ClNO. The minimum absolute atomic E-state index is 0.548. The van der Waals surface area contributed by atoms with Gasteiger partial charge in [-0.2, -0.15) is 0 Å². The van der Waals surface area contributed by atoms with E-state index in [0.717, 1.165) is 16.9 Å². The lowest BCUT2D eigenvalue weighted by molar-refractivity contribution is 0.306. The maximum atomic E-state index is 5.79. The van der Waals surface area contributed by atoms with Gasteiger partial charge in [0.1, 0.15) is 12.4 Å². The van der Waals surface area contributed by atoms with Crippen LogP contribution in [0.1, 0.15) is 11.1 Å². The fourth-order valence-corrected chi connectivity index (χ4v) is 1.60. The molecule has 2 N–H and O–H groups in total. The summed E-state index contributed by atoms with van der Waals surface area (Å²) in [6, 6.07) is 15.4. The molecule has 0 saturated carbocycles. The van der Waals surface area contributed by atoms with Crippen molar-refractivity contribution in [2.24, 2.45) is 5.73 Å². The average Bonchev–Trinajstić information content (AvgIpc) is 2.39. The van der Waals surface area contributed by atoms with Gasteiger partial charge in [-0.3, -0.25) is 0 Å². The molecule has 3 heteroatoms. The third-order valence-corrected chi connectivity index (χ3v) is 2.73. The molecule has 0 radical (unpaired) electrons. The summed E-state index contributed by atoms with van der Waals surface area (Å²) in [5.74, 6) is 0.817. The number of halogens is 1. The summed E-state index contributed by atoms with van der Waals surface area (Å²) in [6.45, 7) is 1.12. The van der Waals surface area contributed by atoms with Crippen molar-refractivity contribution < 1.29 is 4.74 Å². The zero-order valence-electron chi connectivity index (χ0n) is 9.40. The van der Waals surface area contributed by atoms with Crippen molar-refractivity contribution >= 4 is 11.6 Å². The molecule has 0 bridgehead atoms. The standard InChI is InChI=1S/C14H14ClNO/c15-13-5-7-14(8-6-13)17-10-12-3-1-11(9-16)2-4-12/h1-8H,9-10,16H2. The van der Waals surface area contributed by atoms with Crippen LogP contribution in [0.2, 0.25) is 5.02 Å². The molecule has 0 heterocycles. The molecule has 2 aromatic carbocycles. The molecule has 0 amide bonds. The lowest BCUT2D eigenvalue weighted by atomic mass is 10.1. The van der Waals surface area contributed by atoms with Crippen molar-refractivity contribution in [3.8, 4) is 5.75 Å². The predicted molar refractivity (Wildman–Crippen MR) is 70.1 cm³/mol. The SMILES string of the molecule is NCc1ccc(COc2ccc(Cl)cc2)cc1. The molecule has 88 valence electrons. The number of hydrogen-bond donors (Lipinski definition) is 1. The molecule has 0 unspecified atom stereocenters. The highest BCUT2D eigenvalue weighted by atomic mass is 35.5. The number of hydrogen-bond acceptors (Lipinski definition) is 2. The Labute approximate surface area is 106 Å². The lowest BCUT2D eigenvalue weighted by Gasteiger charge is -2.06. The van der Waals surface area contributed by atoms with Crippen LogP contribution in [0.5, 0.6) is 5.75 Å². The molecular weight excluding hydrogens is 234 g/mol. The molecule has 2 rings (SSSR count). The van der Waals surface area contributed by atoms with Gasteiger partial charge in [0, 0.05) is 11.6 Å². The molecule has 2 nitrogen and oxygen atoms in total. The number of nitrogens with two attached hydrogens (primary N) is 1. The quantitative estimate of drug-likeness (QED) is 0.899. The van der Waals surface area contributed by atoms with Crippen molar-refractivity contribution in [1.29, 1.82) is 0 Å². The van der Waals surface area contributed by atoms with E-state index in [1.54, 1.807) is 0 Å². The smallest absolute Gasteiger partial charge is 0.119 e. The van der Waals surface area contributed by atoms with Gasteiger partial charge in [-0.25, -0.2) is 0 Å². The van der Waals surface area contributed by atoms with Crippen LogP contribution in [-0.2, 0) is 13.2 Å². The largest absolute Gasteiger partial charge is 0.489 e. The van der Waals surface area contributed by atoms with Crippen LogP contribution in [0.4, 0.5) is 0 Å². The Morgan fingerprint density at radius 1 is 0.882 bits per heavy atom. The number of ether oxygens (including phenoxy) is 1. The van der Waals surface area contributed by atoms with Crippen molar-refractivity contribution in [2.45, 2.75) is 13.2 Å². The summed E-state index contributed by atoms with van der Waals surface area (Å²) in [5, 5.41) is 0.713. The maximum absolute atomic E-state index is 5.79. The third-order valence-electron chi connectivity index (χ3n) is 2.48.